The lowest BCUT2D eigenvalue weighted by molar-refractivity contribution is -0.131. The predicted octanol–water partition coefficient (Wildman–Crippen LogP) is 0.157. The summed E-state index contributed by atoms with van der Waals surface area (Å²) in [5.74, 6) is 0.524. The first-order valence-corrected chi connectivity index (χ1v) is 9.99. The number of nitrogen functional groups attached to an aromatic ring is 2. The Morgan fingerprint density at radius 1 is 1.43 bits per heavy atom. The van der Waals surface area contributed by atoms with E-state index in [0.717, 1.165) is 11.8 Å². The highest BCUT2D eigenvalue weighted by Crippen LogP contribution is 2.25. The van der Waals surface area contributed by atoms with Crippen molar-refractivity contribution >= 4 is 39.1 Å². The van der Waals surface area contributed by atoms with E-state index < -0.39 is 15.1 Å². The van der Waals surface area contributed by atoms with Crippen LogP contribution in [0.2, 0.25) is 0 Å². The molecule has 1 fully saturated rings. The Labute approximate surface area is 139 Å². The fraction of sp³-hybridized carbons (Fsp3) is 0.615. The molecule has 0 aromatic carbocycles. The minimum absolute atomic E-state index is 0.0334. The van der Waals surface area contributed by atoms with Crippen molar-refractivity contribution in [3.8, 4) is 0 Å². The van der Waals surface area contributed by atoms with Crippen LogP contribution >= 0.6 is 11.8 Å². The van der Waals surface area contributed by atoms with Gasteiger partial charge in [-0.25, -0.2) is 18.4 Å². The fourth-order valence-corrected chi connectivity index (χ4v) is 5.17. The van der Waals surface area contributed by atoms with Gasteiger partial charge in [0.05, 0.1) is 16.8 Å². The first kappa shape index (κ1) is 17.8. The Balaban J connectivity index is 2.08. The molecule has 1 aromatic rings. The molecule has 0 bridgehead atoms. The van der Waals surface area contributed by atoms with Gasteiger partial charge >= 0.3 is 0 Å². The van der Waals surface area contributed by atoms with Crippen molar-refractivity contribution in [3.63, 3.8) is 0 Å². The second-order valence-corrected chi connectivity index (χ2v) is 8.98. The maximum atomic E-state index is 12.6. The zero-order valence-electron chi connectivity index (χ0n) is 13.1. The lowest BCUT2D eigenvalue weighted by Gasteiger charge is -2.29. The fourth-order valence-electron chi connectivity index (χ4n) is 2.57. The van der Waals surface area contributed by atoms with E-state index in [1.807, 2.05) is 6.92 Å². The molecule has 1 saturated heterocycles. The van der Waals surface area contributed by atoms with E-state index in [2.05, 4.69) is 9.97 Å². The molecular formula is C13H21N5O3S2. The summed E-state index contributed by atoms with van der Waals surface area (Å²) in [5, 5.41) is -0.127. The number of thioether (sulfide) groups is 1. The number of aromatic nitrogens is 2. The second kappa shape index (κ2) is 6.91. The van der Waals surface area contributed by atoms with Gasteiger partial charge in [0, 0.05) is 18.7 Å². The molecule has 1 aromatic heterocycles. The summed E-state index contributed by atoms with van der Waals surface area (Å²) < 4.78 is 23.3. The van der Waals surface area contributed by atoms with E-state index in [1.54, 1.807) is 11.8 Å². The number of sulfone groups is 1. The van der Waals surface area contributed by atoms with E-state index in [-0.39, 0.29) is 35.1 Å². The summed E-state index contributed by atoms with van der Waals surface area (Å²) >= 11 is 1.16. The molecule has 1 amide bonds. The third-order valence-corrected chi connectivity index (χ3v) is 6.35. The third kappa shape index (κ3) is 4.47. The third-order valence-electron chi connectivity index (χ3n) is 3.65. The molecule has 1 aliphatic rings. The van der Waals surface area contributed by atoms with Crippen LogP contribution < -0.4 is 11.5 Å². The van der Waals surface area contributed by atoms with Gasteiger partial charge in [-0.2, -0.15) is 0 Å². The molecular weight excluding hydrogens is 338 g/mol. The van der Waals surface area contributed by atoms with Crippen molar-refractivity contribution in [2.75, 3.05) is 29.5 Å². The van der Waals surface area contributed by atoms with Crippen LogP contribution in [0.3, 0.4) is 0 Å². The smallest absolute Gasteiger partial charge is 0.236 e. The van der Waals surface area contributed by atoms with Crippen molar-refractivity contribution in [3.05, 3.63) is 6.07 Å². The number of nitrogens with zero attached hydrogens (tertiary/aromatic N) is 3. The molecule has 2 atom stereocenters. The van der Waals surface area contributed by atoms with Gasteiger partial charge in [-0.3, -0.25) is 4.79 Å². The molecule has 0 aliphatic carbocycles. The molecule has 128 valence electrons. The SMILES string of the molecule is CCN(C(=O)[C@H](C)Sc1nc(N)cc(N)n1)[C@H]1CCS(=O)(=O)C1. The van der Waals surface area contributed by atoms with Gasteiger partial charge in [0.1, 0.15) is 11.6 Å². The van der Waals surface area contributed by atoms with Gasteiger partial charge in [0.2, 0.25) is 5.91 Å². The molecule has 2 rings (SSSR count). The normalized spacial score (nSPS) is 21.0. The Morgan fingerprint density at radius 2 is 2.04 bits per heavy atom. The van der Waals surface area contributed by atoms with Crippen molar-refractivity contribution in [1.29, 1.82) is 0 Å². The number of anilines is 2. The number of hydrogen-bond donors (Lipinski definition) is 2. The molecule has 0 radical (unpaired) electrons. The molecule has 8 nitrogen and oxygen atoms in total. The maximum Gasteiger partial charge on any atom is 0.236 e. The highest BCUT2D eigenvalue weighted by molar-refractivity contribution is 8.00. The van der Waals surface area contributed by atoms with Crippen molar-refractivity contribution in [2.45, 2.75) is 36.7 Å². The highest BCUT2D eigenvalue weighted by atomic mass is 32.2. The van der Waals surface area contributed by atoms with Gasteiger partial charge in [-0.1, -0.05) is 11.8 Å². The number of carbonyl (C=O) groups is 1. The minimum Gasteiger partial charge on any atom is -0.383 e. The molecule has 1 aliphatic heterocycles. The summed E-state index contributed by atoms with van der Waals surface area (Å²) in [6.45, 7) is 4.04. The van der Waals surface area contributed by atoms with Crippen LogP contribution in [-0.4, -0.2) is 58.5 Å². The van der Waals surface area contributed by atoms with Gasteiger partial charge < -0.3 is 16.4 Å². The molecule has 0 spiro atoms. The Morgan fingerprint density at radius 3 is 2.52 bits per heavy atom. The number of rotatable bonds is 5. The second-order valence-electron chi connectivity index (χ2n) is 5.44. The standard InChI is InChI=1S/C13H21N5O3S2/c1-3-18(9-4-5-23(20,21)7-9)12(19)8(2)22-13-16-10(14)6-11(15)17-13/h6,8-9H,3-5,7H2,1-2H3,(H4,14,15,16,17)/t8-,9-/m0/s1. The molecule has 0 unspecified atom stereocenters. The topological polar surface area (TPSA) is 132 Å². The van der Waals surface area contributed by atoms with Gasteiger partial charge in [-0.05, 0) is 20.3 Å². The zero-order chi connectivity index (χ0) is 17.2. The van der Waals surface area contributed by atoms with Crippen LogP contribution in [0.5, 0.6) is 0 Å². The summed E-state index contributed by atoms with van der Waals surface area (Å²) in [6.07, 6.45) is 0.487. The monoisotopic (exact) mass is 359 g/mol. The van der Waals surface area contributed by atoms with Crippen LogP contribution in [0.15, 0.2) is 11.2 Å². The van der Waals surface area contributed by atoms with E-state index in [9.17, 15) is 13.2 Å². The van der Waals surface area contributed by atoms with Gasteiger partial charge in [-0.15, -0.1) is 0 Å². The summed E-state index contributed by atoms with van der Waals surface area (Å²) in [7, 11) is -3.04. The van der Waals surface area contributed by atoms with Crippen molar-refractivity contribution in [2.24, 2.45) is 0 Å². The van der Waals surface area contributed by atoms with Crippen molar-refractivity contribution in [1.82, 2.24) is 14.9 Å². The average Bonchev–Trinajstić information content (AvgIpc) is 2.78. The summed E-state index contributed by atoms with van der Waals surface area (Å²) in [4.78, 5) is 22.4. The average molecular weight is 359 g/mol. The van der Waals surface area contributed by atoms with E-state index in [1.165, 1.54) is 6.07 Å². The Bertz CT molecular complexity index is 675. The number of nitrogens with two attached hydrogens (primary N) is 2. The van der Waals surface area contributed by atoms with E-state index in [0.29, 0.717) is 18.1 Å². The van der Waals surface area contributed by atoms with Crippen LogP contribution in [0, 0.1) is 0 Å². The Hall–Kier alpha value is -1.55. The van der Waals surface area contributed by atoms with Crippen LogP contribution in [0.25, 0.3) is 0 Å². The predicted molar refractivity (Wildman–Crippen MR) is 90.6 cm³/mol. The van der Waals surface area contributed by atoms with E-state index >= 15 is 0 Å². The number of hydrogen-bond acceptors (Lipinski definition) is 8. The first-order valence-electron chi connectivity index (χ1n) is 7.29. The molecule has 23 heavy (non-hydrogen) atoms. The van der Waals surface area contributed by atoms with Gasteiger partial charge in [0.25, 0.3) is 0 Å². The Kier molecular flexibility index (Phi) is 5.35. The lowest BCUT2D eigenvalue weighted by Crippen LogP contribution is -2.44. The maximum absolute atomic E-state index is 12.6. The van der Waals surface area contributed by atoms with Crippen LogP contribution in [0.1, 0.15) is 20.3 Å². The molecule has 2 heterocycles. The van der Waals surface area contributed by atoms with Crippen molar-refractivity contribution < 1.29 is 13.2 Å². The first-order chi connectivity index (χ1) is 10.7. The molecule has 10 heteroatoms. The summed E-state index contributed by atoms with van der Waals surface area (Å²) in [5.41, 5.74) is 11.2. The highest BCUT2D eigenvalue weighted by Gasteiger charge is 2.35. The minimum atomic E-state index is -3.04. The lowest BCUT2D eigenvalue weighted by atomic mass is 10.2. The quantitative estimate of drug-likeness (QED) is 0.561. The zero-order valence-corrected chi connectivity index (χ0v) is 14.7. The number of amides is 1. The molecule has 0 saturated carbocycles. The van der Waals surface area contributed by atoms with Gasteiger partial charge in [0.15, 0.2) is 15.0 Å². The van der Waals surface area contributed by atoms with Crippen LogP contribution in [0.4, 0.5) is 11.6 Å². The largest absolute Gasteiger partial charge is 0.383 e. The molecule has 4 N–H and O–H groups in total. The van der Waals surface area contributed by atoms with E-state index in [4.69, 9.17) is 11.5 Å². The van der Waals surface area contributed by atoms with Crippen LogP contribution in [-0.2, 0) is 14.6 Å². The summed E-state index contributed by atoms with van der Waals surface area (Å²) in [6, 6.07) is 1.19. The number of carbonyl (C=O) groups excluding carboxylic acids is 1.